The number of hydrogen-bond donors (Lipinski definition) is 1. The van der Waals surface area contributed by atoms with E-state index in [1.165, 1.54) is 49.0 Å². The van der Waals surface area contributed by atoms with Crippen molar-refractivity contribution in [3.05, 3.63) is 58.9 Å². The predicted molar refractivity (Wildman–Crippen MR) is 133 cm³/mol. The number of benzene rings is 1. The van der Waals surface area contributed by atoms with E-state index in [4.69, 9.17) is 14.5 Å². The molecule has 0 radical (unpaired) electrons. The van der Waals surface area contributed by atoms with Gasteiger partial charge in [0.05, 0.1) is 24.6 Å². The Morgan fingerprint density at radius 3 is 2.91 bits per heavy atom. The number of pyridine rings is 1. The molecule has 1 saturated carbocycles. The summed E-state index contributed by atoms with van der Waals surface area (Å²) in [7, 11) is 1.49. The highest BCUT2D eigenvalue weighted by Gasteiger charge is 2.38. The fraction of sp³-hybridized carbons (Fsp3) is 0.571. The number of methoxy groups -OCH3 is 1. The van der Waals surface area contributed by atoms with Crippen molar-refractivity contribution < 1.29 is 14.3 Å². The van der Waals surface area contributed by atoms with Gasteiger partial charge in [-0.15, -0.1) is 0 Å². The minimum Gasteiger partial charge on any atom is -0.468 e. The van der Waals surface area contributed by atoms with E-state index >= 15 is 0 Å². The maximum absolute atomic E-state index is 12.8. The fourth-order valence-electron chi connectivity index (χ4n) is 5.41. The Kier molecular flexibility index (Phi) is 7.45. The second kappa shape index (κ2) is 10.9. The molecule has 0 spiro atoms. The number of likely N-dealkylation sites (tertiary alicyclic amines) is 1. The second-order valence-corrected chi connectivity index (χ2v) is 9.89. The lowest BCUT2D eigenvalue weighted by atomic mass is 9.96. The van der Waals surface area contributed by atoms with Gasteiger partial charge in [0.25, 0.3) is 0 Å². The van der Waals surface area contributed by atoms with Gasteiger partial charge in [0.2, 0.25) is 0 Å². The molecule has 1 unspecified atom stereocenters. The Balaban J connectivity index is 1.10. The summed E-state index contributed by atoms with van der Waals surface area (Å²) in [6.45, 7) is 3.44. The van der Waals surface area contributed by atoms with Crippen LogP contribution in [-0.4, -0.2) is 55.3 Å². The number of aryl methyl sites for hydroxylation is 2. The van der Waals surface area contributed by atoms with E-state index in [0.29, 0.717) is 5.92 Å². The molecule has 2 aliphatic heterocycles. The lowest BCUT2D eigenvalue weighted by Gasteiger charge is -2.27. The molecule has 0 bridgehead atoms. The van der Waals surface area contributed by atoms with Crippen LogP contribution in [0, 0.1) is 0 Å². The van der Waals surface area contributed by atoms with Crippen LogP contribution in [0.3, 0.4) is 0 Å². The summed E-state index contributed by atoms with van der Waals surface area (Å²) in [5, 5.41) is 3.43. The van der Waals surface area contributed by atoms with Gasteiger partial charge in [-0.3, -0.25) is 9.88 Å². The van der Waals surface area contributed by atoms with Crippen LogP contribution in [0.4, 0.5) is 5.69 Å². The highest BCUT2D eigenvalue weighted by molar-refractivity contribution is 5.78. The number of aromatic nitrogens is 1. The molecule has 2 atom stereocenters. The number of carbonyl (C=O) groups excluding carboxylic acids is 1. The van der Waals surface area contributed by atoms with E-state index in [9.17, 15) is 4.79 Å². The van der Waals surface area contributed by atoms with Gasteiger partial charge < -0.3 is 14.8 Å². The van der Waals surface area contributed by atoms with Crippen LogP contribution < -0.4 is 5.32 Å². The average Bonchev–Trinajstić information content (AvgIpc) is 3.63. The van der Waals surface area contributed by atoms with Gasteiger partial charge in [0.1, 0.15) is 6.04 Å². The van der Waals surface area contributed by atoms with Crippen LogP contribution in [0.15, 0.2) is 36.4 Å². The summed E-state index contributed by atoms with van der Waals surface area (Å²) in [6.07, 6.45) is 8.91. The molecular formula is C28H37N3O3. The van der Waals surface area contributed by atoms with Crippen molar-refractivity contribution in [1.82, 2.24) is 9.88 Å². The number of fused-ring (bicyclic) bond motifs is 1. The summed E-state index contributed by atoms with van der Waals surface area (Å²) in [6, 6.07) is 12.4. The number of unbranched alkanes of at least 4 members (excludes halogenated alkanes) is 1. The van der Waals surface area contributed by atoms with E-state index in [-0.39, 0.29) is 18.1 Å². The SMILES string of the molecule is COC(=O)C(c1ccccc1C1CC1)N1CC[C@@H](OCCCCc2ccc3c(n2)CCCN3)C1. The van der Waals surface area contributed by atoms with Crippen molar-refractivity contribution in [2.24, 2.45) is 0 Å². The zero-order chi connectivity index (χ0) is 23.3. The number of ether oxygens (including phenoxy) is 2. The summed E-state index contributed by atoms with van der Waals surface area (Å²) < 4.78 is 11.5. The first kappa shape index (κ1) is 23.3. The van der Waals surface area contributed by atoms with Crippen molar-refractivity contribution in [2.45, 2.75) is 69.4 Å². The van der Waals surface area contributed by atoms with Crippen LogP contribution in [0.1, 0.15) is 73.0 Å². The Morgan fingerprint density at radius 2 is 2.06 bits per heavy atom. The van der Waals surface area contributed by atoms with Crippen LogP contribution in [0.2, 0.25) is 0 Å². The minimum atomic E-state index is -0.333. The number of carbonyl (C=O) groups is 1. The number of nitrogens with one attached hydrogen (secondary N) is 1. The van der Waals surface area contributed by atoms with Crippen molar-refractivity contribution in [1.29, 1.82) is 0 Å². The first-order valence-corrected chi connectivity index (χ1v) is 13.0. The Morgan fingerprint density at radius 1 is 1.18 bits per heavy atom. The molecule has 1 N–H and O–H groups in total. The predicted octanol–water partition coefficient (Wildman–Crippen LogP) is 4.65. The third kappa shape index (κ3) is 5.44. The maximum Gasteiger partial charge on any atom is 0.327 e. The van der Waals surface area contributed by atoms with Gasteiger partial charge in [0.15, 0.2) is 0 Å². The molecule has 1 aliphatic carbocycles. The van der Waals surface area contributed by atoms with Crippen LogP contribution >= 0.6 is 0 Å². The molecule has 5 rings (SSSR count). The van der Waals surface area contributed by atoms with Gasteiger partial charge in [-0.2, -0.15) is 0 Å². The van der Waals surface area contributed by atoms with E-state index in [0.717, 1.165) is 63.9 Å². The largest absolute Gasteiger partial charge is 0.468 e. The molecular weight excluding hydrogens is 426 g/mol. The van der Waals surface area contributed by atoms with Crippen molar-refractivity contribution in [3.8, 4) is 0 Å². The van der Waals surface area contributed by atoms with Gasteiger partial charge in [-0.25, -0.2) is 4.79 Å². The van der Waals surface area contributed by atoms with Crippen LogP contribution in [0.25, 0.3) is 0 Å². The zero-order valence-corrected chi connectivity index (χ0v) is 20.3. The summed E-state index contributed by atoms with van der Waals surface area (Å²) >= 11 is 0. The first-order chi connectivity index (χ1) is 16.7. The molecule has 2 fully saturated rings. The minimum absolute atomic E-state index is 0.165. The quantitative estimate of drug-likeness (QED) is 0.409. The Bertz CT molecular complexity index is 991. The summed E-state index contributed by atoms with van der Waals surface area (Å²) in [4.78, 5) is 19.9. The third-order valence-electron chi connectivity index (χ3n) is 7.39. The normalized spacial score (nSPS) is 21.0. The van der Waals surface area contributed by atoms with Gasteiger partial charge in [0, 0.05) is 31.9 Å². The fourth-order valence-corrected chi connectivity index (χ4v) is 5.41. The number of rotatable bonds is 10. The Hall–Kier alpha value is -2.44. The zero-order valence-electron chi connectivity index (χ0n) is 20.3. The standard InChI is InChI=1S/C28H37N3O3/c1-33-28(32)27(24-9-3-2-8-23(24)20-11-12-20)31-17-15-22(19-31)34-18-5-4-7-21-13-14-25-26(30-21)10-6-16-29-25/h2-3,8-9,13-14,20,22,27,29H,4-7,10-12,15-19H2,1H3/t22-,27?/m1/s1. The molecule has 2 aromatic rings. The molecule has 3 aliphatic rings. The van der Waals surface area contributed by atoms with Gasteiger partial charge >= 0.3 is 5.97 Å². The lowest BCUT2D eigenvalue weighted by Crippen LogP contribution is -2.35. The topological polar surface area (TPSA) is 63.7 Å². The van der Waals surface area contributed by atoms with E-state index in [2.05, 4.69) is 40.5 Å². The molecule has 1 saturated heterocycles. The summed E-state index contributed by atoms with van der Waals surface area (Å²) in [5.74, 6) is 0.431. The smallest absolute Gasteiger partial charge is 0.327 e. The highest BCUT2D eigenvalue weighted by atomic mass is 16.5. The second-order valence-electron chi connectivity index (χ2n) is 9.89. The van der Waals surface area contributed by atoms with Gasteiger partial charge in [-0.05, 0) is 80.5 Å². The number of nitrogens with zero attached hydrogens (tertiary/aromatic N) is 2. The van der Waals surface area contributed by atoms with E-state index in [1.54, 1.807) is 0 Å². The van der Waals surface area contributed by atoms with Crippen molar-refractivity contribution in [3.63, 3.8) is 0 Å². The molecule has 182 valence electrons. The molecule has 1 aromatic heterocycles. The van der Waals surface area contributed by atoms with Gasteiger partial charge in [-0.1, -0.05) is 24.3 Å². The van der Waals surface area contributed by atoms with Crippen LogP contribution in [0.5, 0.6) is 0 Å². The highest BCUT2D eigenvalue weighted by Crippen LogP contribution is 2.44. The number of hydrogen-bond acceptors (Lipinski definition) is 6. The van der Waals surface area contributed by atoms with E-state index in [1.807, 2.05) is 6.07 Å². The lowest BCUT2D eigenvalue weighted by molar-refractivity contribution is -0.147. The average molecular weight is 464 g/mol. The third-order valence-corrected chi connectivity index (χ3v) is 7.39. The molecule has 6 heteroatoms. The Labute approximate surface area is 203 Å². The van der Waals surface area contributed by atoms with E-state index < -0.39 is 0 Å². The monoisotopic (exact) mass is 463 g/mol. The van der Waals surface area contributed by atoms with Crippen LogP contribution in [-0.2, 0) is 27.1 Å². The summed E-state index contributed by atoms with van der Waals surface area (Å²) in [5.41, 5.74) is 6.03. The molecule has 1 aromatic carbocycles. The van der Waals surface area contributed by atoms with Crippen molar-refractivity contribution in [2.75, 3.05) is 38.7 Å². The number of anilines is 1. The number of esters is 1. The molecule has 34 heavy (non-hydrogen) atoms. The maximum atomic E-state index is 12.8. The molecule has 0 amide bonds. The molecule has 6 nitrogen and oxygen atoms in total. The molecule has 3 heterocycles. The first-order valence-electron chi connectivity index (χ1n) is 13.0. The van der Waals surface area contributed by atoms with Crippen molar-refractivity contribution >= 4 is 11.7 Å².